The summed E-state index contributed by atoms with van der Waals surface area (Å²) in [6, 6.07) is -0.0762. The van der Waals surface area contributed by atoms with Gasteiger partial charge in [-0.3, -0.25) is 14.3 Å². The van der Waals surface area contributed by atoms with Crippen LogP contribution in [0, 0.1) is 11.8 Å². The van der Waals surface area contributed by atoms with Gasteiger partial charge in [-0.15, -0.1) is 0 Å². The highest BCUT2D eigenvalue weighted by Crippen LogP contribution is 2.33. The van der Waals surface area contributed by atoms with E-state index < -0.39 is 17.8 Å². The van der Waals surface area contributed by atoms with E-state index in [0.717, 1.165) is 24.8 Å². The molecule has 3 rings (SSSR count). The fourth-order valence-electron chi connectivity index (χ4n) is 3.94. The van der Waals surface area contributed by atoms with E-state index in [1.165, 1.54) is 5.69 Å². The molecule has 1 aromatic heterocycles. The van der Waals surface area contributed by atoms with Gasteiger partial charge in [0.1, 0.15) is 0 Å². The van der Waals surface area contributed by atoms with Crippen LogP contribution in [0.4, 0.5) is 0 Å². The minimum absolute atomic E-state index is 0.0762. The lowest BCUT2D eigenvalue weighted by Gasteiger charge is -2.30. The van der Waals surface area contributed by atoms with Gasteiger partial charge in [-0.25, -0.2) is 0 Å². The summed E-state index contributed by atoms with van der Waals surface area (Å²) in [7, 11) is 0. The Labute approximate surface area is 148 Å². The maximum atomic E-state index is 12.8. The second-order valence-corrected chi connectivity index (χ2v) is 8.08. The van der Waals surface area contributed by atoms with E-state index in [2.05, 4.69) is 31.2 Å². The molecule has 2 aliphatic rings. The lowest BCUT2D eigenvalue weighted by molar-refractivity contribution is -0.147. The van der Waals surface area contributed by atoms with Crippen molar-refractivity contribution in [3.8, 4) is 0 Å². The number of aromatic nitrogens is 2. The number of allylic oxidation sites excluding steroid dienone is 2. The van der Waals surface area contributed by atoms with Crippen molar-refractivity contribution in [2.75, 3.05) is 0 Å². The largest absolute Gasteiger partial charge is 0.481 e. The molecule has 3 atom stereocenters. The van der Waals surface area contributed by atoms with Crippen LogP contribution in [0.1, 0.15) is 63.8 Å². The number of carboxylic acid groups (broad SMARTS) is 1. The minimum atomic E-state index is -0.894. The van der Waals surface area contributed by atoms with Crippen LogP contribution < -0.4 is 5.32 Å². The SMILES string of the molecule is CC(C)(C)n1ncc2c1CCC[C@@H]2NC(=O)[C@H]1CC=CC[C@@H]1C(=O)O. The Morgan fingerprint density at radius 1 is 1.24 bits per heavy atom. The molecule has 1 aromatic rings. The molecule has 25 heavy (non-hydrogen) atoms. The molecule has 0 fully saturated rings. The molecule has 1 heterocycles. The molecule has 0 aromatic carbocycles. The highest BCUT2D eigenvalue weighted by Gasteiger charge is 2.36. The lowest BCUT2D eigenvalue weighted by Crippen LogP contribution is -2.41. The van der Waals surface area contributed by atoms with E-state index in [1.807, 2.05) is 23.0 Å². The first-order valence-electron chi connectivity index (χ1n) is 9.04. The molecular formula is C19H27N3O3. The molecule has 6 nitrogen and oxygen atoms in total. The normalized spacial score (nSPS) is 26.1. The Kier molecular flexibility index (Phi) is 4.71. The van der Waals surface area contributed by atoms with Gasteiger partial charge >= 0.3 is 5.97 Å². The monoisotopic (exact) mass is 345 g/mol. The van der Waals surface area contributed by atoms with Crippen LogP contribution in [-0.4, -0.2) is 26.8 Å². The minimum Gasteiger partial charge on any atom is -0.481 e. The van der Waals surface area contributed by atoms with Crippen LogP contribution in [0.2, 0.25) is 0 Å². The first-order chi connectivity index (χ1) is 11.8. The zero-order valence-corrected chi connectivity index (χ0v) is 15.2. The zero-order valence-electron chi connectivity index (χ0n) is 15.2. The zero-order chi connectivity index (χ0) is 18.2. The Bertz CT molecular complexity index is 699. The van der Waals surface area contributed by atoms with Crippen LogP contribution in [-0.2, 0) is 21.5 Å². The van der Waals surface area contributed by atoms with Gasteiger partial charge in [0.15, 0.2) is 0 Å². The third kappa shape index (κ3) is 3.48. The van der Waals surface area contributed by atoms with Crippen molar-refractivity contribution < 1.29 is 14.7 Å². The number of aliphatic carboxylic acids is 1. The smallest absolute Gasteiger partial charge is 0.307 e. The van der Waals surface area contributed by atoms with Crippen molar-refractivity contribution in [3.05, 3.63) is 29.6 Å². The van der Waals surface area contributed by atoms with Crippen molar-refractivity contribution in [2.24, 2.45) is 11.8 Å². The van der Waals surface area contributed by atoms with E-state index in [9.17, 15) is 14.7 Å². The standard InChI is InChI=1S/C19H27N3O3/c1-19(2,3)22-16-10-6-9-15(14(16)11-20-22)21-17(23)12-7-4-5-8-13(12)18(24)25/h4-5,11-13,15H,6-10H2,1-3H3,(H,21,23)(H,24,25)/t12-,13-,15-/m0/s1. The number of hydrogen-bond donors (Lipinski definition) is 2. The Morgan fingerprint density at radius 2 is 1.92 bits per heavy atom. The van der Waals surface area contributed by atoms with E-state index in [1.54, 1.807) is 0 Å². The molecule has 2 aliphatic carbocycles. The molecule has 0 radical (unpaired) electrons. The maximum absolute atomic E-state index is 12.8. The third-order valence-electron chi connectivity index (χ3n) is 5.22. The molecule has 2 N–H and O–H groups in total. The number of nitrogens with one attached hydrogen (secondary N) is 1. The van der Waals surface area contributed by atoms with Gasteiger partial charge in [0.05, 0.1) is 29.6 Å². The molecular weight excluding hydrogens is 318 g/mol. The topological polar surface area (TPSA) is 84.2 Å². The summed E-state index contributed by atoms with van der Waals surface area (Å²) in [5.41, 5.74) is 2.16. The summed E-state index contributed by atoms with van der Waals surface area (Å²) in [6.45, 7) is 6.36. The first-order valence-corrected chi connectivity index (χ1v) is 9.04. The van der Waals surface area contributed by atoms with E-state index >= 15 is 0 Å². The summed E-state index contributed by atoms with van der Waals surface area (Å²) < 4.78 is 2.05. The molecule has 136 valence electrons. The molecule has 0 unspecified atom stereocenters. The van der Waals surface area contributed by atoms with E-state index in [0.29, 0.717) is 12.8 Å². The Hall–Kier alpha value is -2.11. The number of hydrogen-bond acceptors (Lipinski definition) is 3. The Morgan fingerprint density at radius 3 is 2.56 bits per heavy atom. The van der Waals surface area contributed by atoms with Crippen LogP contribution in [0.15, 0.2) is 18.3 Å². The molecule has 0 bridgehead atoms. The number of carbonyl (C=O) groups is 2. The fraction of sp³-hybridized carbons (Fsp3) is 0.632. The quantitative estimate of drug-likeness (QED) is 0.825. The van der Waals surface area contributed by atoms with Crippen LogP contribution in [0.5, 0.6) is 0 Å². The van der Waals surface area contributed by atoms with E-state index in [-0.39, 0.29) is 17.5 Å². The molecule has 0 saturated heterocycles. The second kappa shape index (κ2) is 6.65. The van der Waals surface area contributed by atoms with Gasteiger partial charge in [-0.2, -0.15) is 5.10 Å². The van der Waals surface area contributed by atoms with Crippen molar-refractivity contribution in [3.63, 3.8) is 0 Å². The van der Waals surface area contributed by atoms with Gasteiger partial charge in [0, 0.05) is 11.3 Å². The fourth-order valence-corrected chi connectivity index (χ4v) is 3.94. The van der Waals surface area contributed by atoms with Crippen molar-refractivity contribution in [2.45, 2.75) is 64.5 Å². The Balaban J connectivity index is 1.79. The van der Waals surface area contributed by atoms with Gasteiger partial charge in [-0.05, 0) is 52.9 Å². The molecule has 0 aliphatic heterocycles. The van der Waals surface area contributed by atoms with Gasteiger partial charge in [-0.1, -0.05) is 12.2 Å². The van der Waals surface area contributed by atoms with Crippen LogP contribution in [0.3, 0.4) is 0 Å². The van der Waals surface area contributed by atoms with Gasteiger partial charge < -0.3 is 10.4 Å². The molecule has 0 spiro atoms. The number of fused-ring (bicyclic) bond motifs is 1. The predicted molar refractivity (Wildman–Crippen MR) is 94.0 cm³/mol. The third-order valence-corrected chi connectivity index (χ3v) is 5.22. The van der Waals surface area contributed by atoms with Crippen molar-refractivity contribution >= 4 is 11.9 Å². The summed E-state index contributed by atoms with van der Waals surface area (Å²) in [4.78, 5) is 24.2. The molecule has 1 amide bonds. The number of carboxylic acids is 1. The highest BCUT2D eigenvalue weighted by molar-refractivity contribution is 5.85. The molecule has 0 saturated carbocycles. The van der Waals surface area contributed by atoms with Gasteiger partial charge in [0.2, 0.25) is 5.91 Å². The first kappa shape index (κ1) is 17.7. The van der Waals surface area contributed by atoms with Crippen molar-refractivity contribution in [1.82, 2.24) is 15.1 Å². The van der Waals surface area contributed by atoms with Gasteiger partial charge in [0.25, 0.3) is 0 Å². The number of nitrogens with zero attached hydrogens (tertiary/aromatic N) is 2. The summed E-state index contributed by atoms with van der Waals surface area (Å²) in [6.07, 6.45) is 9.36. The summed E-state index contributed by atoms with van der Waals surface area (Å²) in [5.74, 6) is -2.18. The summed E-state index contributed by atoms with van der Waals surface area (Å²) >= 11 is 0. The lowest BCUT2D eigenvalue weighted by atomic mass is 9.82. The average Bonchev–Trinajstić information content (AvgIpc) is 3.00. The van der Waals surface area contributed by atoms with Crippen molar-refractivity contribution in [1.29, 1.82) is 0 Å². The van der Waals surface area contributed by atoms with Crippen LogP contribution in [0.25, 0.3) is 0 Å². The molecule has 6 heteroatoms. The summed E-state index contributed by atoms with van der Waals surface area (Å²) in [5, 5.41) is 17.0. The number of rotatable bonds is 3. The number of carbonyl (C=O) groups excluding carboxylic acids is 1. The maximum Gasteiger partial charge on any atom is 0.307 e. The second-order valence-electron chi connectivity index (χ2n) is 8.08. The predicted octanol–water partition coefficient (Wildman–Crippen LogP) is 2.80. The van der Waals surface area contributed by atoms with E-state index in [4.69, 9.17) is 0 Å². The number of amides is 1. The highest BCUT2D eigenvalue weighted by atomic mass is 16.4. The van der Waals surface area contributed by atoms with Crippen LogP contribution >= 0.6 is 0 Å². The average molecular weight is 345 g/mol.